The van der Waals surface area contributed by atoms with Crippen molar-refractivity contribution in [3.63, 3.8) is 0 Å². The average molecular weight is 279 g/mol. The maximum Gasteiger partial charge on any atom is 0.330 e. The van der Waals surface area contributed by atoms with Crippen molar-refractivity contribution in [3.05, 3.63) is 29.6 Å². The molecule has 2 rings (SSSR count). The van der Waals surface area contributed by atoms with Crippen LogP contribution in [0.15, 0.2) is 18.2 Å². The molecule has 0 spiro atoms. The molecule has 7 nitrogen and oxygen atoms in total. The number of rotatable bonds is 5. The lowest BCUT2D eigenvalue weighted by Gasteiger charge is -2.08. The van der Waals surface area contributed by atoms with E-state index in [-0.39, 0.29) is 23.7 Å². The number of aromatic nitrogens is 3. The summed E-state index contributed by atoms with van der Waals surface area (Å²) in [6.45, 7) is 3.96. The van der Waals surface area contributed by atoms with E-state index in [9.17, 15) is 4.39 Å². The van der Waals surface area contributed by atoms with Crippen LogP contribution in [0, 0.1) is 12.7 Å². The standard InChI is InChI=1S/C12H14FN5O2/c1-3-19-11-15-10(18-14)16-12(17-11)20-9-6-7(2)4-5-8(9)13/h4-6H,3,14H2,1-2H3,(H,15,16,17,18). The van der Waals surface area contributed by atoms with E-state index >= 15 is 0 Å². The van der Waals surface area contributed by atoms with Crippen LogP contribution in [-0.4, -0.2) is 21.6 Å². The van der Waals surface area contributed by atoms with Crippen molar-refractivity contribution < 1.29 is 13.9 Å². The lowest BCUT2D eigenvalue weighted by Crippen LogP contribution is -2.13. The molecule has 1 heterocycles. The molecule has 0 saturated carbocycles. The molecule has 0 aliphatic heterocycles. The van der Waals surface area contributed by atoms with Gasteiger partial charge in [0.15, 0.2) is 11.6 Å². The zero-order valence-electron chi connectivity index (χ0n) is 11.1. The van der Waals surface area contributed by atoms with E-state index in [2.05, 4.69) is 20.4 Å². The lowest BCUT2D eigenvalue weighted by molar-refractivity contribution is 0.302. The van der Waals surface area contributed by atoms with Gasteiger partial charge in [-0.1, -0.05) is 6.07 Å². The first kappa shape index (κ1) is 13.9. The Bertz CT molecular complexity index is 608. The van der Waals surface area contributed by atoms with Crippen LogP contribution >= 0.6 is 0 Å². The Morgan fingerprint density at radius 2 is 2.00 bits per heavy atom. The normalized spacial score (nSPS) is 10.2. The maximum atomic E-state index is 13.6. The molecule has 0 fully saturated rings. The summed E-state index contributed by atoms with van der Waals surface area (Å²) in [7, 11) is 0. The van der Waals surface area contributed by atoms with Gasteiger partial charge in [-0.15, -0.1) is 4.98 Å². The Kier molecular flexibility index (Phi) is 4.26. The zero-order chi connectivity index (χ0) is 14.5. The first-order valence-corrected chi connectivity index (χ1v) is 5.92. The van der Waals surface area contributed by atoms with Crippen LogP contribution in [0.1, 0.15) is 12.5 Å². The first-order valence-electron chi connectivity index (χ1n) is 5.92. The van der Waals surface area contributed by atoms with Gasteiger partial charge in [-0.25, -0.2) is 10.2 Å². The van der Waals surface area contributed by atoms with Crippen molar-refractivity contribution in [2.24, 2.45) is 5.84 Å². The van der Waals surface area contributed by atoms with Gasteiger partial charge in [-0.2, -0.15) is 9.97 Å². The molecule has 0 amide bonds. The minimum atomic E-state index is -0.517. The Morgan fingerprint density at radius 3 is 2.70 bits per heavy atom. The van der Waals surface area contributed by atoms with E-state index in [1.807, 2.05) is 6.92 Å². The molecule has 0 saturated heterocycles. The third kappa shape index (κ3) is 3.29. The van der Waals surface area contributed by atoms with E-state index in [1.54, 1.807) is 13.0 Å². The average Bonchev–Trinajstić information content (AvgIpc) is 2.43. The molecule has 0 aliphatic rings. The van der Waals surface area contributed by atoms with Gasteiger partial charge < -0.3 is 9.47 Å². The first-order chi connectivity index (χ1) is 9.62. The van der Waals surface area contributed by atoms with Crippen LogP contribution < -0.4 is 20.7 Å². The Morgan fingerprint density at radius 1 is 1.25 bits per heavy atom. The van der Waals surface area contributed by atoms with Crippen molar-refractivity contribution in [1.82, 2.24) is 15.0 Å². The predicted octanol–water partition coefficient (Wildman–Crippen LogP) is 1.80. The van der Waals surface area contributed by atoms with E-state index in [4.69, 9.17) is 15.3 Å². The number of anilines is 1. The van der Waals surface area contributed by atoms with Crippen molar-refractivity contribution in [3.8, 4) is 17.8 Å². The van der Waals surface area contributed by atoms with Gasteiger partial charge in [0.2, 0.25) is 5.95 Å². The number of halogens is 1. The molecule has 20 heavy (non-hydrogen) atoms. The molecule has 3 N–H and O–H groups in total. The summed E-state index contributed by atoms with van der Waals surface area (Å²) in [6.07, 6.45) is 0. The van der Waals surface area contributed by atoms with E-state index < -0.39 is 5.82 Å². The van der Waals surface area contributed by atoms with Crippen LogP contribution in [-0.2, 0) is 0 Å². The number of hydrogen-bond donors (Lipinski definition) is 2. The number of nitrogens with one attached hydrogen (secondary N) is 1. The molecule has 0 unspecified atom stereocenters. The molecule has 0 aliphatic carbocycles. The second kappa shape index (κ2) is 6.11. The second-order valence-corrected chi connectivity index (χ2v) is 3.84. The summed E-state index contributed by atoms with van der Waals surface area (Å²) < 4.78 is 24.1. The fraction of sp³-hybridized carbons (Fsp3) is 0.250. The van der Waals surface area contributed by atoms with Crippen LogP contribution in [0.5, 0.6) is 17.8 Å². The summed E-state index contributed by atoms with van der Waals surface area (Å²) in [4.78, 5) is 11.7. The summed E-state index contributed by atoms with van der Waals surface area (Å²) in [5.74, 6) is 4.80. The number of aryl methyl sites for hydroxylation is 1. The summed E-state index contributed by atoms with van der Waals surface area (Å²) in [5, 5.41) is 0. The Hall–Kier alpha value is -2.48. The largest absolute Gasteiger partial charge is 0.464 e. The smallest absolute Gasteiger partial charge is 0.330 e. The minimum Gasteiger partial charge on any atom is -0.464 e. The molecule has 8 heteroatoms. The van der Waals surface area contributed by atoms with Gasteiger partial charge in [0.05, 0.1) is 6.61 Å². The molecule has 2 aromatic rings. The van der Waals surface area contributed by atoms with Gasteiger partial charge in [0.1, 0.15) is 0 Å². The van der Waals surface area contributed by atoms with Crippen molar-refractivity contribution in [2.45, 2.75) is 13.8 Å². The van der Waals surface area contributed by atoms with Crippen molar-refractivity contribution in [2.75, 3.05) is 12.0 Å². The quantitative estimate of drug-likeness (QED) is 0.636. The third-order valence-corrected chi connectivity index (χ3v) is 2.28. The fourth-order valence-electron chi connectivity index (χ4n) is 1.43. The minimum absolute atomic E-state index is 0.0154. The SMILES string of the molecule is CCOc1nc(NN)nc(Oc2cc(C)ccc2F)n1. The highest BCUT2D eigenvalue weighted by Crippen LogP contribution is 2.24. The van der Waals surface area contributed by atoms with E-state index in [1.165, 1.54) is 12.1 Å². The highest BCUT2D eigenvalue weighted by Gasteiger charge is 2.11. The zero-order valence-corrected chi connectivity index (χ0v) is 11.1. The molecule has 0 radical (unpaired) electrons. The highest BCUT2D eigenvalue weighted by molar-refractivity contribution is 5.33. The number of nitrogens with two attached hydrogens (primary N) is 1. The van der Waals surface area contributed by atoms with Crippen LogP contribution in [0.2, 0.25) is 0 Å². The molecule has 1 aromatic heterocycles. The van der Waals surface area contributed by atoms with Gasteiger partial charge in [0, 0.05) is 0 Å². The summed E-state index contributed by atoms with van der Waals surface area (Å²) >= 11 is 0. The molecular weight excluding hydrogens is 265 g/mol. The molecular formula is C12H14FN5O2. The van der Waals surface area contributed by atoms with Gasteiger partial charge in [-0.3, -0.25) is 5.43 Å². The second-order valence-electron chi connectivity index (χ2n) is 3.84. The number of ether oxygens (including phenoxy) is 2. The third-order valence-electron chi connectivity index (χ3n) is 2.28. The Labute approximate surface area is 114 Å². The number of benzene rings is 1. The number of hydrazine groups is 1. The topological polar surface area (TPSA) is 95.2 Å². The fourth-order valence-corrected chi connectivity index (χ4v) is 1.43. The van der Waals surface area contributed by atoms with Gasteiger partial charge in [0.25, 0.3) is 0 Å². The van der Waals surface area contributed by atoms with Crippen LogP contribution in [0.4, 0.5) is 10.3 Å². The number of nitrogens with zero attached hydrogens (tertiary/aromatic N) is 3. The maximum absolute atomic E-state index is 13.6. The monoisotopic (exact) mass is 279 g/mol. The number of nitrogen functional groups attached to an aromatic ring is 1. The molecule has 106 valence electrons. The molecule has 0 atom stereocenters. The summed E-state index contributed by atoms with van der Waals surface area (Å²) in [5.41, 5.74) is 3.11. The predicted molar refractivity (Wildman–Crippen MR) is 70.0 cm³/mol. The van der Waals surface area contributed by atoms with Crippen molar-refractivity contribution >= 4 is 5.95 Å². The van der Waals surface area contributed by atoms with Crippen molar-refractivity contribution in [1.29, 1.82) is 0 Å². The van der Waals surface area contributed by atoms with Crippen LogP contribution in [0.25, 0.3) is 0 Å². The number of hydrogen-bond acceptors (Lipinski definition) is 7. The lowest BCUT2D eigenvalue weighted by atomic mass is 10.2. The van der Waals surface area contributed by atoms with E-state index in [0.717, 1.165) is 5.56 Å². The van der Waals surface area contributed by atoms with E-state index in [0.29, 0.717) is 6.61 Å². The van der Waals surface area contributed by atoms with Gasteiger partial charge in [-0.05, 0) is 31.5 Å². The van der Waals surface area contributed by atoms with Crippen LogP contribution in [0.3, 0.4) is 0 Å². The molecule has 1 aromatic carbocycles. The Balaban J connectivity index is 2.32. The molecule has 0 bridgehead atoms. The summed E-state index contributed by atoms with van der Waals surface area (Å²) in [6, 6.07) is 4.40. The van der Waals surface area contributed by atoms with Gasteiger partial charge >= 0.3 is 12.0 Å². The highest BCUT2D eigenvalue weighted by atomic mass is 19.1.